The fourth-order valence-electron chi connectivity index (χ4n) is 2.88. The molecule has 0 spiro atoms. The van der Waals surface area contributed by atoms with Crippen molar-refractivity contribution in [2.75, 3.05) is 46.4 Å². The van der Waals surface area contributed by atoms with Crippen LogP contribution in [0.5, 0.6) is 5.75 Å². The van der Waals surface area contributed by atoms with Crippen molar-refractivity contribution in [3.05, 3.63) is 35.4 Å². The number of piperazine rings is 1. The predicted octanol–water partition coefficient (Wildman–Crippen LogP) is 1.55. The molecule has 134 valence electrons. The molecule has 2 heterocycles. The van der Waals surface area contributed by atoms with Crippen LogP contribution in [-0.2, 0) is 0 Å². The molecule has 1 saturated heterocycles. The fourth-order valence-corrected chi connectivity index (χ4v) is 2.88. The van der Waals surface area contributed by atoms with E-state index in [0.29, 0.717) is 17.9 Å². The van der Waals surface area contributed by atoms with Gasteiger partial charge in [-0.2, -0.15) is 0 Å². The molecule has 1 aliphatic heterocycles. The lowest BCUT2D eigenvalue weighted by Gasteiger charge is -2.32. The van der Waals surface area contributed by atoms with Crippen molar-refractivity contribution in [1.82, 2.24) is 9.80 Å². The third-order valence-electron chi connectivity index (χ3n) is 4.46. The molecule has 25 heavy (non-hydrogen) atoms. The highest BCUT2D eigenvalue weighted by Gasteiger charge is 2.13. The second kappa shape index (κ2) is 7.67. The molecule has 1 fully saturated rings. The van der Waals surface area contributed by atoms with Gasteiger partial charge in [0.05, 0.1) is 5.56 Å². The van der Waals surface area contributed by atoms with Crippen molar-refractivity contribution in [3.63, 3.8) is 0 Å². The van der Waals surface area contributed by atoms with E-state index in [9.17, 15) is 4.79 Å². The minimum atomic E-state index is -0.217. The maximum atomic E-state index is 11.6. The van der Waals surface area contributed by atoms with Crippen LogP contribution in [0.4, 0.5) is 0 Å². The van der Waals surface area contributed by atoms with Crippen molar-refractivity contribution >= 4 is 16.8 Å². The highest BCUT2D eigenvalue weighted by molar-refractivity contribution is 5.96. The number of benzene rings is 1. The first kappa shape index (κ1) is 17.4. The zero-order chi connectivity index (χ0) is 17.8. The highest BCUT2D eigenvalue weighted by atomic mass is 16.5. The van der Waals surface area contributed by atoms with E-state index in [1.165, 1.54) is 6.92 Å². The monoisotopic (exact) mass is 345 g/mol. The third-order valence-corrected chi connectivity index (χ3v) is 4.46. The van der Waals surface area contributed by atoms with Crippen molar-refractivity contribution in [2.45, 2.75) is 6.92 Å². The first-order chi connectivity index (χ1) is 12.1. The molecule has 0 aliphatic carbocycles. The molecule has 0 atom stereocenters. The Hall–Kier alpha value is -2.38. The zero-order valence-corrected chi connectivity index (χ0v) is 14.6. The standard InChI is InChI=1S/C18H23N3O4/c1-13(22)16-11-14-3-4-15(12-17(14)25-18(16)19-23)24-10-9-21-7-5-20(2)6-8-21/h3-4,11-12,23H,5-10H2,1-2H3. The lowest BCUT2D eigenvalue weighted by atomic mass is 10.1. The Bertz CT molecular complexity index is 823. The minimum absolute atomic E-state index is 0.0883. The summed E-state index contributed by atoms with van der Waals surface area (Å²) in [4.78, 5) is 16.3. The van der Waals surface area contributed by atoms with E-state index in [-0.39, 0.29) is 16.9 Å². The van der Waals surface area contributed by atoms with Crippen LogP contribution in [0.15, 0.2) is 33.8 Å². The van der Waals surface area contributed by atoms with Gasteiger partial charge in [0.25, 0.3) is 5.55 Å². The van der Waals surface area contributed by atoms with Crippen LogP contribution in [0, 0.1) is 0 Å². The summed E-state index contributed by atoms with van der Waals surface area (Å²) in [5.41, 5.74) is 0.670. The second-order valence-corrected chi connectivity index (χ2v) is 6.31. The SMILES string of the molecule is CC(=O)c1cc2ccc(OCCN3CCN(C)CC3)cc2oc1=NO. The number of Topliss-reactive ketones (excluding diaryl/α,β-unsaturated/α-hetero) is 1. The fraction of sp³-hybridized carbons (Fsp3) is 0.444. The molecule has 0 saturated carbocycles. The van der Waals surface area contributed by atoms with Gasteiger partial charge in [0, 0.05) is 44.2 Å². The Balaban J connectivity index is 1.69. The molecule has 1 N–H and O–H groups in total. The summed E-state index contributed by atoms with van der Waals surface area (Å²) < 4.78 is 11.3. The molecule has 0 radical (unpaired) electrons. The summed E-state index contributed by atoms with van der Waals surface area (Å²) in [6.45, 7) is 7.16. The quantitative estimate of drug-likeness (QED) is 0.503. The van der Waals surface area contributed by atoms with Gasteiger partial charge in [-0.25, -0.2) is 0 Å². The lowest BCUT2D eigenvalue weighted by molar-refractivity contribution is 0.101. The van der Waals surface area contributed by atoms with Gasteiger partial charge in [0.1, 0.15) is 17.9 Å². The molecule has 1 aromatic heterocycles. The Labute approximate surface area is 146 Å². The van der Waals surface area contributed by atoms with E-state index in [1.807, 2.05) is 12.1 Å². The number of hydrogen-bond acceptors (Lipinski definition) is 7. The van der Waals surface area contributed by atoms with Gasteiger partial charge in [-0.3, -0.25) is 9.69 Å². The number of nitrogens with zero attached hydrogens (tertiary/aromatic N) is 3. The van der Waals surface area contributed by atoms with Crippen LogP contribution in [0.3, 0.4) is 0 Å². The smallest absolute Gasteiger partial charge is 0.266 e. The average Bonchev–Trinajstić information content (AvgIpc) is 2.62. The van der Waals surface area contributed by atoms with Crippen LogP contribution in [-0.4, -0.2) is 67.2 Å². The minimum Gasteiger partial charge on any atom is -0.492 e. The Morgan fingerprint density at radius 3 is 2.72 bits per heavy atom. The van der Waals surface area contributed by atoms with Gasteiger partial charge in [-0.1, -0.05) is 0 Å². The number of fused-ring (bicyclic) bond motifs is 1. The van der Waals surface area contributed by atoms with Crippen LogP contribution < -0.4 is 10.3 Å². The van der Waals surface area contributed by atoms with Gasteiger partial charge in [0.15, 0.2) is 5.78 Å². The summed E-state index contributed by atoms with van der Waals surface area (Å²) >= 11 is 0. The van der Waals surface area contributed by atoms with Crippen LogP contribution in [0.25, 0.3) is 11.0 Å². The van der Waals surface area contributed by atoms with Crippen molar-refractivity contribution in [2.24, 2.45) is 5.16 Å². The topological polar surface area (TPSA) is 78.5 Å². The zero-order valence-electron chi connectivity index (χ0n) is 14.6. The van der Waals surface area contributed by atoms with Crippen LogP contribution in [0.1, 0.15) is 17.3 Å². The van der Waals surface area contributed by atoms with Gasteiger partial charge >= 0.3 is 0 Å². The summed E-state index contributed by atoms with van der Waals surface area (Å²) in [7, 11) is 2.14. The number of hydrogen-bond donors (Lipinski definition) is 1. The van der Waals surface area contributed by atoms with Crippen molar-refractivity contribution < 1.29 is 19.2 Å². The van der Waals surface area contributed by atoms with E-state index < -0.39 is 0 Å². The molecule has 3 rings (SSSR count). The first-order valence-electron chi connectivity index (χ1n) is 8.37. The Morgan fingerprint density at radius 1 is 1.28 bits per heavy atom. The summed E-state index contributed by atoms with van der Waals surface area (Å²) in [5.74, 6) is 0.468. The normalized spacial score (nSPS) is 17.1. The van der Waals surface area contributed by atoms with E-state index in [2.05, 4.69) is 22.0 Å². The summed E-state index contributed by atoms with van der Waals surface area (Å²) in [5, 5.41) is 12.9. The number of rotatable bonds is 5. The van der Waals surface area contributed by atoms with E-state index in [1.54, 1.807) is 12.1 Å². The van der Waals surface area contributed by atoms with Gasteiger partial charge < -0.3 is 19.3 Å². The predicted molar refractivity (Wildman–Crippen MR) is 93.0 cm³/mol. The molecule has 1 aliphatic rings. The number of likely N-dealkylation sites (N-methyl/N-ethyl adjacent to an activating group) is 1. The van der Waals surface area contributed by atoms with Gasteiger partial charge in [0.2, 0.25) is 0 Å². The molecule has 0 bridgehead atoms. The maximum absolute atomic E-state index is 11.6. The van der Waals surface area contributed by atoms with Gasteiger partial charge in [-0.05, 0) is 37.3 Å². The number of carbonyl (C=O) groups excluding carboxylic acids is 1. The van der Waals surface area contributed by atoms with E-state index in [0.717, 1.165) is 38.1 Å². The van der Waals surface area contributed by atoms with Gasteiger partial charge in [-0.15, -0.1) is 0 Å². The molecule has 1 aromatic carbocycles. The average molecular weight is 345 g/mol. The Morgan fingerprint density at radius 2 is 2.04 bits per heavy atom. The maximum Gasteiger partial charge on any atom is 0.266 e. The number of ketones is 1. The summed E-state index contributed by atoms with van der Waals surface area (Å²) in [6, 6.07) is 7.08. The molecule has 7 heteroatoms. The molecule has 0 unspecified atom stereocenters. The Kier molecular flexibility index (Phi) is 5.35. The first-order valence-corrected chi connectivity index (χ1v) is 8.37. The molecule has 0 amide bonds. The van der Waals surface area contributed by atoms with Crippen molar-refractivity contribution in [1.29, 1.82) is 0 Å². The second-order valence-electron chi connectivity index (χ2n) is 6.31. The largest absolute Gasteiger partial charge is 0.492 e. The lowest BCUT2D eigenvalue weighted by Crippen LogP contribution is -2.45. The molecular weight excluding hydrogens is 322 g/mol. The number of carbonyl (C=O) groups is 1. The van der Waals surface area contributed by atoms with E-state index in [4.69, 9.17) is 14.4 Å². The highest BCUT2D eigenvalue weighted by Crippen LogP contribution is 2.20. The van der Waals surface area contributed by atoms with Crippen molar-refractivity contribution in [3.8, 4) is 5.75 Å². The summed E-state index contributed by atoms with van der Waals surface area (Å²) in [6.07, 6.45) is 0. The molecule has 2 aromatic rings. The van der Waals surface area contributed by atoms with Crippen LogP contribution >= 0.6 is 0 Å². The third kappa shape index (κ3) is 4.18. The van der Waals surface area contributed by atoms with Crippen LogP contribution in [0.2, 0.25) is 0 Å². The number of ether oxygens (including phenoxy) is 1. The van der Waals surface area contributed by atoms with E-state index >= 15 is 0 Å². The molecule has 7 nitrogen and oxygen atoms in total. The molecular formula is C18H23N3O4.